The molecule has 0 radical (unpaired) electrons. The molecule has 0 aromatic carbocycles. The van der Waals surface area contributed by atoms with Crippen LogP contribution in [0.3, 0.4) is 0 Å². The summed E-state index contributed by atoms with van der Waals surface area (Å²) in [5.41, 5.74) is 0. The second-order valence-electron chi connectivity index (χ2n) is 4.03. The smallest absolute Gasteiger partial charge is 0.327 e. The van der Waals surface area contributed by atoms with E-state index in [-0.39, 0.29) is 18.5 Å². The van der Waals surface area contributed by atoms with Crippen molar-refractivity contribution in [1.29, 1.82) is 0 Å². The summed E-state index contributed by atoms with van der Waals surface area (Å²) in [5, 5.41) is 14.2. The van der Waals surface area contributed by atoms with Gasteiger partial charge >= 0.3 is 5.97 Å². The number of rotatable bonds is 6. The Labute approximate surface area is 105 Å². The zero-order valence-electron chi connectivity index (χ0n) is 10.6. The lowest BCUT2D eigenvalue weighted by molar-refractivity contribution is -0.141. The number of carboxylic acid groups (broad SMARTS) is 1. The molecule has 0 bridgehead atoms. The van der Waals surface area contributed by atoms with Crippen LogP contribution in [0.25, 0.3) is 0 Å². The van der Waals surface area contributed by atoms with E-state index in [1.165, 1.54) is 6.92 Å². The number of carbonyl (C=O) groups excluding carboxylic acids is 1. The molecule has 1 amide bonds. The average Bonchev–Trinajstić information content (AvgIpc) is 2.69. The van der Waals surface area contributed by atoms with Gasteiger partial charge in [-0.3, -0.25) is 4.79 Å². The Kier molecular flexibility index (Phi) is 4.85. The summed E-state index contributed by atoms with van der Waals surface area (Å²) >= 11 is 0. The summed E-state index contributed by atoms with van der Waals surface area (Å²) in [6.45, 7) is 4.95. The molecular weight excluding hydrogens is 238 g/mol. The van der Waals surface area contributed by atoms with E-state index >= 15 is 0 Å². The maximum absolute atomic E-state index is 10.9. The highest BCUT2D eigenvalue weighted by molar-refractivity contribution is 5.82. The maximum atomic E-state index is 10.9. The Hall–Kier alpha value is -1.89. The quantitative estimate of drug-likeness (QED) is 0.671. The van der Waals surface area contributed by atoms with Crippen LogP contribution in [0.4, 0.5) is 0 Å². The van der Waals surface area contributed by atoms with Gasteiger partial charge in [0.1, 0.15) is 11.8 Å². The van der Waals surface area contributed by atoms with Crippen molar-refractivity contribution in [3.8, 4) is 0 Å². The van der Waals surface area contributed by atoms with E-state index in [1.54, 1.807) is 20.0 Å². The van der Waals surface area contributed by atoms with Crippen molar-refractivity contribution in [3.63, 3.8) is 0 Å². The molecule has 0 fully saturated rings. The normalized spacial score (nSPS) is 13.9. The SMILES string of the molecule is CC(=O)NC(CNC(C)c1ncc(C)o1)C(=O)O. The van der Waals surface area contributed by atoms with Gasteiger partial charge in [0.15, 0.2) is 0 Å². The lowest BCUT2D eigenvalue weighted by Crippen LogP contribution is -2.46. The molecule has 3 N–H and O–H groups in total. The van der Waals surface area contributed by atoms with Crippen LogP contribution in [0.1, 0.15) is 31.5 Å². The number of carbonyl (C=O) groups is 2. The lowest BCUT2D eigenvalue weighted by Gasteiger charge is -2.16. The molecule has 1 aromatic heterocycles. The van der Waals surface area contributed by atoms with Gasteiger partial charge in [-0.25, -0.2) is 9.78 Å². The zero-order chi connectivity index (χ0) is 13.7. The van der Waals surface area contributed by atoms with E-state index in [9.17, 15) is 9.59 Å². The number of nitrogens with one attached hydrogen (secondary N) is 2. The van der Waals surface area contributed by atoms with Crippen LogP contribution < -0.4 is 10.6 Å². The number of aryl methyl sites for hydroxylation is 1. The van der Waals surface area contributed by atoms with Gasteiger partial charge in [0.2, 0.25) is 11.8 Å². The average molecular weight is 255 g/mol. The number of hydrogen-bond donors (Lipinski definition) is 3. The molecular formula is C11H17N3O4. The highest BCUT2D eigenvalue weighted by Crippen LogP contribution is 2.11. The van der Waals surface area contributed by atoms with Gasteiger partial charge < -0.3 is 20.2 Å². The van der Waals surface area contributed by atoms with E-state index in [0.29, 0.717) is 11.7 Å². The van der Waals surface area contributed by atoms with Crippen LogP contribution in [-0.2, 0) is 9.59 Å². The number of aromatic nitrogens is 1. The van der Waals surface area contributed by atoms with Gasteiger partial charge in [-0.15, -0.1) is 0 Å². The van der Waals surface area contributed by atoms with Gasteiger partial charge in [-0.1, -0.05) is 0 Å². The van der Waals surface area contributed by atoms with Crippen LogP contribution in [0.5, 0.6) is 0 Å². The minimum Gasteiger partial charge on any atom is -0.480 e. The first kappa shape index (κ1) is 14.2. The van der Waals surface area contributed by atoms with Gasteiger partial charge in [0, 0.05) is 13.5 Å². The Morgan fingerprint density at radius 2 is 2.22 bits per heavy atom. The molecule has 100 valence electrons. The molecule has 0 aliphatic carbocycles. The molecule has 1 aromatic rings. The summed E-state index contributed by atoms with van der Waals surface area (Å²) in [6, 6.07) is -1.20. The van der Waals surface area contributed by atoms with Crippen LogP contribution in [0.2, 0.25) is 0 Å². The lowest BCUT2D eigenvalue weighted by atomic mass is 10.2. The number of oxazole rings is 1. The Morgan fingerprint density at radius 3 is 2.67 bits per heavy atom. The van der Waals surface area contributed by atoms with Gasteiger partial charge in [-0.2, -0.15) is 0 Å². The fourth-order valence-electron chi connectivity index (χ4n) is 1.40. The first-order chi connectivity index (χ1) is 8.40. The fraction of sp³-hybridized carbons (Fsp3) is 0.545. The van der Waals surface area contributed by atoms with Gasteiger partial charge in [-0.05, 0) is 13.8 Å². The summed E-state index contributed by atoms with van der Waals surface area (Å²) in [4.78, 5) is 25.8. The molecule has 1 heterocycles. The summed E-state index contributed by atoms with van der Waals surface area (Å²) in [5.74, 6) is -0.299. The fourth-order valence-corrected chi connectivity index (χ4v) is 1.40. The van der Waals surface area contributed by atoms with Crippen molar-refractivity contribution in [2.75, 3.05) is 6.54 Å². The third-order valence-corrected chi connectivity index (χ3v) is 2.31. The Balaban J connectivity index is 2.51. The largest absolute Gasteiger partial charge is 0.480 e. The molecule has 2 unspecified atom stereocenters. The molecule has 0 spiro atoms. The highest BCUT2D eigenvalue weighted by Gasteiger charge is 2.20. The molecule has 7 nitrogen and oxygen atoms in total. The minimum absolute atomic E-state index is 0.0947. The van der Waals surface area contributed by atoms with E-state index in [2.05, 4.69) is 15.6 Å². The topological polar surface area (TPSA) is 104 Å². The van der Waals surface area contributed by atoms with Gasteiger partial charge in [0.25, 0.3) is 0 Å². The monoisotopic (exact) mass is 255 g/mol. The molecule has 2 atom stereocenters. The Morgan fingerprint density at radius 1 is 1.56 bits per heavy atom. The predicted molar refractivity (Wildman–Crippen MR) is 62.9 cm³/mol. The third kappa shape index (κ3) is 4.17. The first-order valence-corrected chi connectivity index (χ1v) is 5.55. The second-order valence-corrected chi connectivity index (χ2v) is 4.03. The first-order valence-electron chi connectivity index (χ1n) is 5.55. The van der Waals surface area contributed by atoms with Crippen molar-refractivity contribution >= 4 is 11.9 Å². The van der Waals surface area contributed by atoms with Crippen LogP contribution in [0.15, 0.2) is 10.6 Å². The number of hydrogen-bond acceptors (Lipinski definition) is 5. The van der Waals surface area contributed by atoms with Crippen molar-refractivity contribution < 1.29 is 19.1 Å². The predicted octanol–water partition coefficient (Wildman–Crippen LogP) is 0.223. The third-order valence-electron chi connectivity index (χ3n) is 2.31. The van der Waals surface area contributed by atoms with Crippen molar-refractivity contribution in [2.24, 2.45) is 0 Å². The number of carboxylic acids is 1. The zero-order valence-corrected chi connectivity index (χ0v) is 10.6. The van der Waals surface area contributed by atoms with E-state index in [0.717, 1.165) is 0 Å². The standard InChI is InChI=1S/C11H17N3O4/c1-6-4-13-10(18-6)7(2)12-5-9(11(16)17)14-8(3)15/h4,7,9,12H,5H2,1-3H3,(H,14,15)(H,16,17). The Bertz CT molecular complexity index is 430. The molecule has 0 aliphatic heterocycles. The van der Waals surface area contributed by atoms with Crippen molar-refractivity contribution in [1.82, 2.24) is 15.6 Å². The van der Waals surface area contributed by atoms with Crippen LogP contribution >= 0.6 is 0 Å². The number of aliphatic carboxylic acids is 1. The second kappa shape index (κ2) is 6.15. The molecule has 0 aliphatic rings. The minimum atomic E-state index is -1.09. The van der Waals surface area contributed by atoms with Crippen molar-refractivity contribution in [2.45, 2.75) is 32.9 Å². The van der Waals surface area contributed by atoms with E-state index in [1.807, 2.05) is 0 Å². The number of nitrogens with zero attached hydrogens (tertiary/aromatic N) is 1. The van der Waals surface area contributed by atoms with E-state index < -0.39 is 12.0 Å². The van der Waals surface area contributed by atoms with Crippen LogP contribution in [0, 0.1) is 6.92 Å². The number of amides is 1. The maximum Gasteiger partial charge on any atom is 0.327 e. The van der Waals surface area contributed by atoms with Crippen LogP contribution in [-0.4, -0.2) is 34.6 Å². The molecule has 0 saturated heterocycles. The van der Waals surface area contributed by atoms with Crippen molar-refractivity contribution in [3.05, 3.63) is 17.8 Å². The molecule has 7 heteroatoms. The molecule has 1 rings (SSSR count). The summed E-state index contributed by atoms with van der Waals surface area (Å²) in [7, 11) is 0. The molecule has 0 saturated carbocycles. The highest BCUT2D eigenvalue weighted by atomic mass is 16.4. The summed E-state index contributed by atoms with van der Waals surface area (Å²) < 4.78 is 5.31. The van der Waals surface area contributed by atoms with E-state index in [4.69, 9.17) is 9.52 Å². The van der Waals surface area contributed by atoms with Gasteiger partial charge in [0.05, 0.1) is 12.2 Å². The summed E-state index contributed by atoms with van der Waals surface area (Å²) in [6.07, 6.45) is 1.59. The molecule has 18 heavy (non-hydrogen) atoms.